The van der Waals surface area contributed by atoms with Crippen molar-refractivity contribution in [3.8, 4) is 11.3 Å². The molecule has 0 amide bonds. The van der Waals surface area contributed by atoms with Gasteiger partial charge in [-0.2, -0.15) is 0 Å². The molecule has 0 saturated carbocycles. The van der Waals surface area contributed by atoms with Crippen molar-refractivity contribution in [1.82, 2.24) is 14.5 Å². The molecular formula is C16H20N4. The SMILES string of the molecule is Cc1nc(-c2c(C)n(C)c3ccccc23)c(CCN)[nH]1. The van der Waals surface area contributed by atoms with Crippen LogP contribution in [0.4, 0.5) is 0 Å². The lowest BCUT2D eigenvalue weighted by atomic mass is 10.1. The number of nitrogens with zero attached hydrogens (tertiary/aromatic N) is 2. The van der Waals surface area contributed by atoms with Gasteiger partial charge in [-0.05, 0) is 26.5 Å². The number of aryl methyl sites for hydroxylation is 2. The highest BCUT2D eigenvalue weighted by Crippen LogP contribution is 2.34. The van der Waals surface area contributed by atoms with Gasteiger partial charge in [-0.3, -0.25) is 0 Å². The second-order valence-electron chi connectivity index (χ2n) is 5.22. The summed E-state index contributed by atoms with van der Waals surface area (Å²) >= 11 is 0. The Bertz CT molecular complexity index is 764. The molecule has 4 nitrogen and oxygen atoms in total. The Morgan fingerprint density at radius 2 is 2.00 bits per heavy atom. The summed E-state index contributed by atoms with van der Waals surface area (Å²) in [5.41, 5.74) is 11.6. The second kappa shape index (κ2) is 4.80. The van der Waals surface area contributed by atoms with Crippen LogP contribution in [0.2, 0.25) is 0 Å². The summed E-state index contributed by atoms with van der Waals surface area (Å²) in [5, 5.41) is 1.25. The number of benzene rings is 1. The normalized spacial score (nSPS) is 11.4. The number of H-pyrrole nitrogens is 1. The van der Waals surface area contributed by atoms with E-state index in [1.165, 1.54) is 22.2 Å². The van der Waals surface area contributed by atoms with E-state index in [1.54, 1.807) is 0 Å². The van der Waals surface area contributed by atoms with Gasteiger partial charge in [-0.25, -0.2) is 4.98 Å². The van der Waals surface area contributed by atoms with Crippen LogP contribution < -0.4 is 5.73 Å². The number of nitrogens with one attached hydrogen (secondary N) is 1. The van der Waals surface area contributed by atoms with E-state index in [9.17, 15) is 0 Å². The molecule has 0 fully saturated rings. The second-order valence-corrected chi connectivity index (χ2v) is 5.22. The smallest absolute Gasteiger partial charge is 0.103 e. The van der Waals surface area contributed by atoms with Gasteiger partial charge in [0.25, 0.3) is 0 Å². The average molecular weight is 268 g/mol. The van der Waals surface area contributed by atoms with Gasteiger partial charge in [-0.1, -0.05) is 18.2 Å². The first kappa shape index (κ1) is 12.9. The third-order valence-corrected chi connectivity index (χ3v) is 3.93. The van der Waals surface area contributed by atoms with E-state index >= 15 is 0 Å². The van der Waals surface area contributed by atoms with Gasteiger partial charge in [0.2, 0.25) is 0 Å². The van der Waals surface area contributed by atoms with E-state index in [2.05, 4.69) is 47.8 Å². The van der Waals surface area contributed by atoms with Crippen LogP contribution in [0.25, 0.3) is 22.2 Å². The van der Waals surface area contributed by atoms with Gasteiger partial charge in [0.15, 0.2) is 0 Å². The molecule has 0 saturated heterocycles. The van der Waals surface area contributed by atoms with Gasteiger partial charge in [-0.15, -0.1) is 0 Å². The Balaban J connectivity index is 2.32. The number of hydrogen-bond acceptors (Lipinski definition) is 2. The minimum Gasteiger partial charge on any atom is -0.347 e. The number of imidazole rings is 1. The van der Waals surface area contributed by atoms with E-state index in [0.29, 0.717) is 6.54 Å². The maximum atomic E-state index is 5.72. The van der Waals surface area contributed by atoms with E-state index in [0.717, 1.165) is 23.6 Å². The van der Waals surface area contributed by atoms with Crippen molar-refractivity contribution in [1.29, 1.82) is 0 Å². The summed E-state index contributed by atoms with van der Waals surface area (Å²) in [6.45, 7) is 4.76. The molecule has 1 aromatic carbocycles. The third kappa shape index (κ3) is 1.84. The Labute approximate surface area is 118 Å². The van der Waals surface area contributed by atoms with E-state index < -0.39 is 0 Å². The molecule has 0 atom stereocenters. The number of aromatic amines is 1. The molecule has 20 heavy (non-hydrogen) atoms. The van der Waals surface area contributed by atoms with Crippen molar-refractivity contribution in [2.45, 2.75) is 20.3 Å². The summed E-state index contributed by atoms with van der Waals surface area (Å²) in [6.07, 6.45) is 0.818. The van der Waals surface area contributed by atoms with Gasteiger partial charge >= 0.3 is 0 Å². The fraction of sp³-hybridized carbons (Fsp3) is 0.312. The van der Waals surface area contributed by atoms with Crippen LogP contribution in [0, 0.1) is 13.8 Å². The highest BCUT2D eigenvalue weighted by molar-refractivity contribution is 5.97. The van der Waals surface area contributed by atoms with Crippen molar-refractivity contribution in [3.63, 3.8) is 0 Å². The highest BCUT2D eigenvalue weighted by Gasteiger charge is 2.18. The molecule has 104 valence electrons. The minimum atomic E-state index is 0.623. The summed E-state index contributed by atoms with van der Waals surface area (Å²) in [6, 6.07) is 8.46. The minimum absolute atomic E-state index is 0.623. The molecule has 3 N–H and O–H groups in total. The molecule has 0 spiro atoms. The summed E-state index contributed by atoms with van der Waals surface area (Å²) in [7, 11) is 2.10. The molecular weight excluding hydrogens is 248 g/mol. The monoisotopic (exact) mass is 268 g/mol. The van der Waals surface area contributed by atoms with E-state index in [-0.39, 0.29) is 0 Å². The molecule has 2 aromatic heterocycles. The Hall–Kier alpha value is -2.07. The zero-order chi connectivity index (χ0) is 14.3. The first-order chi connectivity index (χ1) is 9.63. The molecule has 0 aliphatic carbocycles. The van der Waals surface area contributed by atoms with Gasteiger partial charge in [0.05, 0.1) is 5.69 Å². The number of para-hydroxylation sites is 1. The van der Waals surface area contributed by atoms with Gasteiger partial charge < -0.3 is 15.3 Å². The first-order valence-electron chi connectivity index (χ1n) is 6.93. The standard InChI is InChI=1S/C16H20N4/c1-10-15(12-6-4-5-7-14(12)20(10)3)16-13(8-9-17)18-11(2)19-16/h4-7H,8-9,17H2,1-3H3,(H,18,19). The predicted molar refractivity (Wildman–Crippen MR) is 82.7 cm³/mol. The van der Waals surface area contributed by atoms with Crippen LogP contribution in [0.5, 0.6) is 0 Å². The van der Waals surface area contributed by atoms with Crippen molar-refractivity contribution >= 4 is 10.9 Å². The van der Waals surface area contributed by atoms with E-state index in [4.69, 9.17) is 10.7 Å². The van der Waals surface area contributed by atoms with Crippen molar-refractivity contribution in [2.24, 2.45) is 12.8 Å². The van der Waals surface area contributed by atoms with Crippen molar-refractivity contribution in [3.05, 3.63) is 41.5 Å². The quantitative estimate of drug-likeness (QED) is 0.767. The van der Waals surface area contributed by atoms with Gasteiger partial charge in [0, 0.05) is 41.3 Å². The van der Waals surface area contributed by atoms with Crippen molar-refractivity contribution in [2.75, 3.05) is 6.54 Å². The highest BCUT2D eigenvalue weighted by atomic mass is 15.0. The fourth-order valence-corrected chi connectivity index (χ4v) is 2.89. The maximum Gasteiger partial charge on any atom is 0.103 e. The molecule has 0 unspecified atom stereocenters. The largest absolute Gasteiger partial charge is 0.347 e. The topological polar surface area (TPSA) is 59.6 Å². The Kier molecular flexibility index (Phi) is 3.10. The van der Waals surface area contributed by atoms with Crippen LogP contribution in [-0.2, 0) is 13.5 Å². The first-order valence-corrected chi connectivity index (χ1v) is 6.93. The summed E-state index contributed by atoms with van der Waals surface area (Å²) in [5.74, 6) is 0.941. The van der Waals surface area contributed by atoms with Crippen LogP contribution in [0.1, 0.15) is 17.2 Å². The zero-order valence-electron chi connectivity index (χ0n) is 12.2. The Morgan fingerprint density at radius 1 is 1.25 bits per heavy atom. The van der Waals surface area contributed by atoms with Gasteiger partial charge in [0.1, 0.15) is 5.82 Å². The lowest BCUT2D eigenvalue weighted by Gasteiger charge is -2.03. The molecule has 0 aliphatic heterocycles. The lowest BCUT2D eigenvalue weighted by molar-refractivity contribution is 0.914. The molecule has 2 heterocycles. The molecule has 3 rings (SSSR count). The van der Waals surface area contributed by atoms with Crippen LogP contribution in [0.15, 0.2) is 24.3 Å². The van der Waals surface area contributed by atoms with Crippen LogP contribution in [0.3, 0.4) is 0 Å². The molecule has 4 heteroatoms. The number of rotatable bonds is 3. The zero-order valence-corrected chi connectivity index (χ0v) is 12.2. The predicted octanol–water partition coefficient (Wildman–Crippen LogP) is 2.69. The van der Waals surface area contributed by atoms with E-state index in [1.807, 2.05) is 6.92 Å². The summed E-state index contributed by atoms with van der Waals surface area (Å²) < 4.78 is 2.22. The Morgan fingerprint density at radius 3 is 2.75 bits per heavy atom. The van der Waals surface area contributed by atoms with Crippen LogP contribution >= 0.6 is 0 Å². The van der Waals surface area contributed by atoms with Crippen molar-refractivity contribution < 1.29 is 0 Å². The third-order valence-electron chi connectivity index (χ3n) is 3.93. The lowest BCUT2D eigenvalue weighted by Crippen LogP contribution is -2.04. The summed E-state index contributed by atoms with van der Waals surface area (Å²) in [4.78, 5) is 8.04. The maximum absolute atomic E-state index is 5.72. The number of aromatic nitrogens is 3. The molecule has 0 aliphatic rings. The number of hydrogen-bond donors (Lipinski definition) is 2. The fourth-order valence-electron chi connectivity index (χ4n) is 2.89. The van der Waals surface area contributed by atoms with Crippen LogP contribution in [-0.4, -0.2) is 21.1 Å². The number of fused-ring (bicyclic) bond motifs is 1. The average Bonchev–Trinajstić information content (AvgIpc) is 2.90. The molecule has 0 bridgehead atoms. The number of nitrogens with two attached hydrogens (primary N) is 1. The molecule has 0 radical (unpaired) electrons. The molecule has 3 aromatic rings.